The fourth-order valence-electron chi connectivity index (χ4n) is 3.32. The van der Waals surface area contributed by atoms with Gasteiger partial charge in [-0.05, 0) is 67.6 Å². The van der Waals surface area contributed by atoms with Crippen LogP contribution in [0.1, 0.15) is 17.3 Å². The molecule has 35 heavy (non-hydrogen) atoms. The first-order chi connectivity index (χ1) is 17.0. The number of benzene rings is 3. The van der Waals surface area contributed by atoms with Gasteiger partial charge in [-0.2, -0.15) is 0 Å². The second kappa shape index (κ2) is 11.3. The Balaban J connectivity index is 1.33. The zero-order valence-electron chi connectivity index (χ0n) is 19.4. The van der Waals surface area contributed by atoms with Crippen molar-refractivity contribution in [2.45, 2.75) is 12.1 Å². The highest BCUT2D eigenvalue weighted by atomic mass is 32.2. The van der Waals surface area contributed by atoms with Gasteiger partial charge in [0.25, 0.3) is 5.91 Å². The maximum Gasteiger partial charge on any atom is 0.255 e. The largest absolute Gasteiger partial charge is 0.494 e. The molecule has 1 heterocycles. The molecule has 0 radical (unpaired) electrons. The number of aromatic nitrogens is 3. The van der Waals surface area contributed by atoms with Gasteiger partial charge in [0, 0.05) is 29.5 Å². The van der Waals surface area contributed by atoms with Crippen LogP contribution in [0.2, 0.25) is 0 Å². The molecule has 0 aliphatic heterocycles. The summed E-state index contributed by atoms with van der Waals surface area (Å²) >= 11 is 1.31. The summed E-state index contributed by atoms with van der Waals surface area (Å²) < 4.78 is 7.25. The van der Waals surface area contributed by atoms with Crippen LogP contribution in [0.25, 0.3) is 11.4 Å². The standard InChI is InChI=1S/C26H25N5O3S/c1-3-34-22-15-13-20(14-16-22)27-23(32)17-35-26-30-29-24(31(26)2)18-9-11-21(12-10-18)28-25(33)19-7-5-4-6-8-19/h4-16H,3,17H2,1-2H3,(H,27,32)(H,28,33). The summed E-state index contributed by atoms with van der Waals surface area (Å²) in [6.45, 7) is 2.52. The minimum absolute atomic E-state index is 0.137. The predicted molar refractivity (Wildman–Crippen MR) is 138 cm³/mol. The van der Waals surface area contributed by atoms with E-state index in [-0.39, 0.29) is 17.6 Å². The Bertz CT molecular complexity index is 1290. The average Bonchev–Trinajstić information content (AvgIpc) is 3.25. The van der Waals surface area contributed by atoms with E-state index in [9.17, 15) is 9.59 Å². The topological polar surface area (TPSA) is 98.1 Å². The molecule has 0 atom stereocenters. The molecule has 8 nitrogen and oxygen atoms in total. The highest BCUT2D eigenvalue weighted by Crippen LogP contribution is 2.24. The van der Waals surface area contributed by atoms with Gasteiger partial charge in [0.05, 0.1) is 12.4 Å². The molecule has 4 aromatic rings. The molecule has 0 fully saturated rings. The lowest BCUT2D eigenvalue weighted by atomic mass is 10.1. The van der Waals surface area contributed by atoms with E-state index < -0.39 is 0 Å². The van der Waals surface area contributed by atoms with Gasteiger partial charge in [-0.3, -0.25) is 9.59 Å². The molecular formula is C26H25N5O3S. The fourth-order valence-corrected chi connectivity index (χ4v) is 4.03. The zero-order valence-corrected chi connectivity index (χ0v) is 20.2. The number of rotatable bonds is 9. The van der Waals surface area contributed by atoms with Crippen molar-refractivity contribution in [2.75, 3.05) is 23.0 Å². The van der Waals surface area contributed by atoms with E-state index in [0.29, 0.717) is 34.5 Å². The summed E-state index contributed by atoms with van der Waals surface area (Å²) in [5.41, 5.74) is 2.84. The first-order valence-corrected chi connectivity index (χ1v) is 12.0. The number of hydrogen-bond acceptors (Lipinski definition) is 6. The smallest absolute Gasteiger partial charge is 0.255 e. The van der Waals surface area contributed by atoms with Crippen molar-refractivity contribution in [3.8, 4) is 17.1 Å². The molecular weight excluding hydrogens is 462 g/mol. The van der Waals surface area contributed by atoms with E-state index in [0.717, 1.165) is 11.3 Å². The SMILES string of the molecule is CCOc1ccc(NC(=O)CSc2nnc(-c3ccc(NC(=O)c4ccccc4)cc3)n2C)cc1. The molecule has 0 aliphatic rings. The third-order valence-electron chi connectivity index (χ3n) is 5.05. The highest BCUT2D eigenvalue weighted by molar-refractivity contribution is 7.99. The van der Waals surface area contributed by atoms with Crippen molar-refractivity contribution in [3.05, 3.63) is 84.4 Å². The van der Waals surface area contributed by atoms with Gasteiger partial charge in [0.1, 0.15) is 5.75 Å². The molecule has 0 aliphatic carbocycles. The summed E-state index contributed by atoms with van der Waals surface area (Å²) in [5.74, 6) is 1.32. The summed E-state index contributed by atoms with van der Waals surface area (Å²) in [7, 11) is 1.85. The molecule has 0 bridgehead atoms. The van der Waals surface area contributed by atoms with Crippen LogP contribution in [-0.4, -0.2) is 38.9 Å². The highest BCUT2D eigenvalue weighted by Gasteiger charge is 2.14. The Kier molecular flexibility index (Phi) is 7.79. The van der Waals surface area contributed by atoms with Gasteiger partial charge in [-0.1, -0.05) is 30.0 Å². The maximum atomic E-state index is 12.4. The normalized spacial score (nSPS) is 10.6. The van der Waals surface area contributed by atoms with Crippen molar-refractivity contribution in [2.24, 2.45) is 7.05 Å². The van der Waals surface area contributed by atoms with Crippen molar-refractivity contribution in [3.63, 3.8) is 0 Å². The average molecular weight is 488 g/mol. The van der Waals surface area contributed by atoms with E-state index in [1.54, 1.807) is 24.3 Å². The lowest BCUT2D eigenvalue weighted by Crippen LogP contribution is -2.14. The van der Waals surface area contributed by atoms with Crippen LogP contribution in [0.3, 0.4) is 0 Å². The van der Waals surface area contributed by atoms with E-state index in [1.165, 1.54) is 11.8 Å². The Morgan fingerprint density at radius 2 is 1.54 bits per heavy atom. The maximum absolute atomic E-state index is 12.4. The van der Waals surface area contributed by atoms with Crippen LogP contribution in [0, 0.1) is 0 Å². The monoisotopic (exact) mass is 487 g/mol. The third-order valence-corrected chi connectivity index (χ3v) is 6.07. The number of carbonyl (C=O) groups excluding carboxylic acids is 2. The van der Waals surface area contributed by atoms with Gasteiger partial charge < -0.3 is 19.9 Å². The number of nitrogens with zero attached hydrogens (tertiary/aromatic N) is 3. The van der Waals surface area contributed by atoms with Crippen LogP contribution in [0.4, 0.5) is 11.4 Å². The first kappa shape index (κ1) is 24.0. The Morgan fingerprint density at radius 1 is 0.886 bits per heavy atom. The van der Waals surface area contributed by atoms with Gasteiger partial charge in [-0.15, -0.1) is 10.2 Å². The van der Waals surface area contributed by atoms with Crippen molar-refractivity contribution < 1.29 is 14.3 Å². The minimum atomic E-state index is -0.167. The van der Waals surface area contributed by atoms with Gasteiger partial charge in [-0.25, -0.2) is 0 Å². The molecule has 0 spiro atoms. The number of amides is 2. The fraction of sp³-hybridized carbons (Fsp3) is 0.154. The zero-order chi connectivity index (χ0) is 24.6. The molecule has 4 rings (SSSR count). The van der Waals surface area contributed by atoms with E-state index >= 15 is 0 Å². The van der Waals surface area contributed by atoms with E-state index in [2.05, 4.69) is 20.8 Å². The molecule has 0 saturated heterocycles. The molecule has 178 valence electrons. The predicted octanol–water partition coefficient (Wildman–Crippen LogP) is 4.86. The number of carbonyl (C=O) groups is 2. The Morgan fingerprint density at radius 3 is 2.23 bits per heavy atom. The van der Waals surface area contributed by atoms with Crippen LogP contribution >= 0.6 is 11.8 Å². The van der Waals surface area contributed by atoms with Gasteiger partial charge in [0.15, 0.2) is 11.0 Å². The first-order valence-electron chi connectivity index (χ1n) is 11.0. The van der Waals surface area contributed by atoms with Crippen molar-refractivity contribution in [1.82, 2.24) is 14.8 Å². The number of ether oxygens (including phenoxy) is 1. The molecule has 9 heteroatoms. The second-order valence-corrected chi connectivity index (χ2v) is 8.50. The van der Waals surface area contributed by atoms with Crippen molar-refractivity contribution >= 4 is 35.0 Å². The third kappa shape index (κ3) is 6.27. The summed E-state index contributed by atoms with van der Waals surface area (Å²) in [5, 5.41) is 14.9. The van der Waals surface area contributed by atoms with Gasteiger partial charge in [0.2, 0.25) is 5.91 Å². The number of anilines is 2. The summed E-state index contributed by atoms with van der Waals surface area (Å²) in [4.78, 5) is 24.7. The quantitative estimate of drug-likeness (QED) is 0.327. The Labute approximate surface area is 207 Å². The van der Waals surface area contributed by atoms with Crippen LogP contribution in [0.5, 0.6) is 5.75 Å². The lowest BCUT2D eigenvalue weighted by molar-refractivity contribution is -0.113. The molecule has 0 saturated carbocycles. The second-order valence-electron chi connectivity index (χ2n) is 7.56. The summed E-state index contributed by atoms with van der Waals surface area (Å²) in [6.07, 6.45) is 0. The number of thioether (sulfide) groups is 1. The molecule has 2 amide bonds. The van der Waals surface area contributed by atoms with Crippen LogP contribution in [-0.2, 0) is 11.8 Å². The number of nitrogens with one attached hydrogen (secondary N) is 2. The molecule has 3 aromatic carbocycles. The van der Waals surface area contributed by atoms with Crippen LogP contribution < -0.4 is 15.4 Å². The van der Waals surface area contributed by atoms with Crippen LogP contribution in [0.15, 0.2) is 84.0 Å². The Hall–Kier alpha value is -4.11. The summed E-state index contributed by atoms with van der Waals surface area (Å²) in [6, 6.07) is 23.7. The minimum Gasteiger partial charge on any atom is -0.494 e. The van der Waals surface area contributed by atoms with E-state index in [1.807, 2.05) is 73.1 Å². The molecule has 2 N–H and O–H groups in total. The van der Waals surface area contributed by atoms with Gasteiger partial charge >= 0.3 is 0 Å². The van der Waals surface area contributed by atoms with E-state index in [4.69, 9.17) is 4.74 Å². The number of hydrogen-bond donors (Lipinski definition) is 2. The molecule has 0 unspecified atom stereocenters. The lowest BCUT2D eigenvalue weighted by Gasteiger charge is -2.08. The molecule has 1 aromatic heterocycles. The van der Waals surface area contributed by atoms with Crippen molar-refractivity contribution in [1.29, 1.82) is 0 Å².